The summed E-state index contributed by atoms with van der Waals surface area (Å²) in [5.41, 5.74) is 1.23. The minimum absolute atomic E-state index is 0.500. The zero-order chi connectivity index (χ0) is 14.4. The first kappa shape index (κ1) is 14.9. The molecule has 0 heterocycles. The molecule has 0 radical (unpaired) electrons. The van der Waals surface area contributed by atoms with Crippen LogP contribution in [0.2, 0.25) is 0 Å². The first-order chi connectivity index (χ1) is 9.69. The minimum Gasteiger partial charge on any atom is -0.479 e. The Balaban J connectivity index is 1.95. The van der Waals surface area contributed by atoms with Gasteiger partial charge in [-0.25, -0.2) is 4.79 Å². The second-order valence-corrected chi connectivity index (χ2v) is 5.68. The van der Waals surface area contributed by atoms with Crippen LogP contribution in [0.4, 0.5) is 0 Å². The summed E-state index contributed by atoms with van der Waals surface area (Å²) < 4.78 is 5.68. The van der Waals surface area contributed by atoms with Gasteiger partial charge >= 0.3 is 5.97 Å². The lowest BCUT2D eigenvalue weighted by Crippen LogP contribution is -2.30. The summed E-state index contributed by atoms with van der Waals surface area (Å²) in [7, 11) is 0. The highest BCUT2D eigenvalue weighted by atomic mass is 16.5. The van der Waals surface area contributed by atoms with Gasteiger partial charge in [-0.2, -0.15) is 0 Å². The van der Waals surface area contributed by atoms with Crippen LogP contribution in [0.5, 0.6) is 5.75 Å². The van der Waals surface area contributed by atoms with Gasteiger partial charge in [-0.1, -0.05) is 51.2 Å². The SMILES string of the molecule is CCc1ccc(OC(CC2CCCCC2)C(=O)O)cc1. The average Bonchev–Trinajstić information content (AvgIpc) is 2.48. The Morgan fingerprint density at radius 2 is 1.90 bits per heavy atom. The van der Waals surface area contributed by atoms with Crippen molar-refractivity contribution in [2.24, 2.45) is 5.92 Å². The monoisotopic (exact) mass is 276 g/mol. The normalized spacial score (nSPS) is 17.6. The van der Waals surface area contributed by atoms with Crippen molar-refractivity contribution in [3.63, 3.8) is 0 Å². The second-order valence-electron chi connectivity index (χ2n) is 5.68. The van der Waals surface area contributed by atoms with Crippen molar-refractivity contribution in [1.82, 2.24) is 0 Å². The van der Waals surface area contributed by atoms with Crippen LogP contribution < -0.4 is 4.74 Å². The molecule has 0 amide bonds. The molecule has 0 spiro atoms. The van der Waals surface area contributed by atoms with Crippen LogP contribution in [0.3, 0.4) is 0 Å². The third-order valence-electron chi connectivity index (χ3n) is 4.16. The number of carboxylic acids is 1. The molecule has 3 nitrogen and oxygen atoms in total. The van der Waals surface area contributed by atoms with Crippen LogP contribution >= 0.6 is 0 Å². The van der Waals surface area contributed by atoms with E-state index in [0.717, 1.165) is 19.3 Å². The summed E-state index contributed by atoms with van der Waals surface area (Å²) in [6, 6.07) is 7.73. The summed E-state index contributed by atoms with van der Waals surface area (Å²) in [6.45, 7) is 2.10. The first-order valence-electron chi connectivity index (χ1n) is 7.67. The lowest BCUT2D eigenvalue weighted by atomic mass is 9.85. The van der Waals surface area contributed by atoms with E-state index in [1.165, 1.54) is 24.8 Å². The van der Waals surface area contributed by atoms with E-state index >= 15 is 0 Å². The topological polar surface area (TPSA) is 46.5 Å². The molecule has 1 aromatic carbocycles. The van der Waals surface area contributed by atoms with E-state index in [0.29, 0.717) is 18.1 Å². The fourth-order valence-corrected chi connectivity index (χ4v) is 2.89. The van der Waals surface area contributed by atoms with Crippen molar-refractivity contribution in [3.05, 3.63) is 29.8 Å². The number of carboxylic acid groups (broad SMARTS) is 1. The molecule has 2 rings (SSSR count). The number of ether oxygens (including phenoxy) is 1. The molecular formula is C17H24O3. The molecular weight excluding hydrogens is 252 g/mol. The lowest BCUT2D eigenvalue weighted by molar-refractivity contribution is -0.146. The minimum atomic E-state index is -0.852. The van der Waals surface area contributed by atoms with Crippen molar-refractivity contribution in [2.75, 3.05) is 0 Å². The van der Waals surface area contributed by atoms with E-state index in [1.807, 2.05) is 24.3 Å². The van der Waals surface area contributed by atoms with Gasteiger partial charge in [-0.05, 0) is 36.5 Å². The Morgan fingerprint density at radius 3 is 2.45 bits per heavy atom. The maximum Gasteiger partial charge on any atom is 0.344 e. The van der Waals surface area contributed by atoms with Gasteiger partial charge in [0.1, 0.15) is 5.75 Å². The highest BCUT2D eigenvalue weighted by molar-refractivity contribution is 5.72. The van der Waals surface area contributed by atoms with Crippen LogP contribution in [-0.2, 0) is 11.2 Å². The highest BCUT2D eigenvalue weighted by Crippen LogP contribution is 2.28. The van der Waals surface area contributed by atoms with Gasteiger partial charge in [0.2, 0.25) is 0 Å². The van der Waals surface area contributed by atoms with Gasteiger partial charge in [-0.15, -0.1) is 0 Å². The Labute approximate surface area is 121 Å². The van der Waals surface area contributed by atoms with E-state index < -0.39 is 12.1 Å². The van der Waals surface area contributed by atoms with Crippen LogP contribution in [0, 0.1) is 5.92 Å². The third kappa shape index (κ3) is 4.26. The fraction of sp³-hybridized carbons (Fsp3) is 0.588. The maximum absolute atomic E-state index is 11.4. The molecule has 0 saturated heterocycles. The quantitative estimate of drug-likeness (QED) is 0.852. The molecule has 1 atom stereocenters. The third-order valence-corrected chi connectivity index (χ3v) is 4.16. The molecule has 1 fully saturated rings. The van der Waals surface area contributed by atoms with Gasteiger partial charge in [0, 0.05) is 0 Å². The van der Waals surface area contributed by atoms with Gasteiger partial charge in [0.25, 0.3) is 0 Å². The summed E-state index contributed by atoms with van der Waals surface area (Å²) in [5, 5.41) is 9.34. The van der Waals surface area contributed by atoms with Crippen LogP contribution in [0.25, 0.3) is 0 Å². The number of aryl methyl sites for hydroxylation is 1. The molecule has 110 valence electrons. The van der Waals surface area contributed by atoms with E-state index in [1.54, 1.807) is 0 Å². The van der Waals surface area contributed by atoms with Gasteiger partial charge < -0.3 is 9.84 Å². The van der Waals surface area contributed by atoms with Crippen molar-refractivity contribution >= 4 is 5.97 Å². The Hall–Kier alpha value is -1.51. The van der Waals surface area contributed by atoms with E-state index in [2.05, 4.69) is 6.92 Å². The van der Waals surface area contributed by atoms with E-state index in [-0.39, 0.29) is 0 Å². The number of hydrogen-bond donors (Lipinski definition) is 1. The van der Waals surface area contributed by atoms with Crippen LogP contribution in [-0.4, -0.2) is 17.2 Å². The molecule has 1 N–H and O–H groups in total. The van der Waals surface area contributed by atoms with Gasteiger partial charge in [0.05, 0.1) is 0 Å². The number of aliphatic carboxylic acids is 1. The smallest absolute Gasteiger partial charge is 0.344 e. The van der Waals surface area contributed by atoms with Crippen molar-refractivity contribution in [1.29, 1.82) is 0 Å². The predicted molar refractivity (Wildman–Crippen MR) is 79.1 cm³/mol. The summed E-state index contributed by atoms with van der Waals surface area (Å²) in [4.78, 5) is 11.4. The van der Waals surface area contributed by atoms with E-state index in [4.69, 9.17) is 4.74 Å². The van der Waals surface area contributed by atoms with Gasteiger partial charge in [0.15, 0.2) is 6.10 Å². The lowest BCUT2D eigenvalue weighted by Gasteiger charge is -2.25. The Bertz CT molecular complexity index is 418. The molecule has 1 aliphatic carbocycles. The van der Waals surface area contributed by atoms with Crippen molar-refractivity contribution in [2.45, 2.75) is 58.0 Å². The number of benzene rings is 1. The zero-order valence-corrected chi connectivity index (χ0v) is 12.2. The molecule has 1 unspecified atom stereocenters. The molecule has 3 heteroatoms. The number of hydrogen-bond acceptors (Lipinski definition) is 2. The number of rotatable bonds is 6. The molecule has 0 aliphatic heterocycles. The summed E-state index contributed by atoms with van der Waals surface area (Å²) >= 11 is 0. The van der Waals surface area contributed by atoms with Crippen molar-refractivity contribution < 1.29 is 14.6 Å². The second kappa shape index (κ2) is 7.32. The summed E-state index contributed by atoms with van der Waals surface area (Å²) in [5.74, 6) is 0.306. The molecule has 1 aromatic rings. The Kier molecular flexibility index (Phi) is 5.45. The van der Waals surface area contributed by atoms with Gasteiger partial charge in [-0.3, -0.25) is 0 Å². The fourth-order valence-electron chi connectivity index (χ4n) is 2.89. The average molecular weight is 276 g/mol. The highest BCUT2D eigenvalue weighted by Gasteiger charge is 2.25. The molecule has 1 aliphatic rings. The first-order valence-corrected chi connectivity index (χ1v) is 7.67. The van der Waals surface area contributed by atoms with E-state index in [9.17, 15) is 9.90 Å². The largest absolute Gasteiger partial charge is 0.479 e. The van der Waals surface area contributed by atoms with Crippen molar-refractivity contribution in [3.8, 4) is 5.75 Å². The van der Waals surface area contributed by atoms with Crippen LogP contribution in [0.15, 0.2) is 24.3 Å². The molecule has 20 heavy (non-hydrogen) atoms. The molecule has 0 aromatic heterocycles. The molecule has 1 saturated carbocycles. The standard InChI is InChI=1S/C17H24O3/c1-2-13-8-10-15(11-9-13)20-16(17(18)19)12-14-6-4-3-5-7-14/h8-11,14,16H,2-7,12H2,1H3,(H,18,19). The predicted octanol–water partition coefficient (Wildman–Crippen LogP) is 4.05. The number of carbonyl (C=O) groups is 1. The Morgan fingerprint density at radius 1 is 1.25 bits per heavy atom. The van der Waals surface area contributed by atoms with Crippen LogP contribution in [0.1, 0.15) is 51.0 Å². The maximum atomic E-state index is 11.4. The summed E-state index contributed by atoms with van der Waals surface area (Å²) in [6.07, 6.45) is 6.91. The zero-order valence-electron chi connectivity index (χ0n) is 12.2. The molecule has 0 bridgehead atoms.